The Labute approximate surface area is 166 Å². The third-order valence-corrected chi connectivity index (χ3v) is 5.50. The molecule has 0 saturated carbocycles. The number of fused-ring (bicyclic) bond motifs is 1. The van der Waals surface area contributed by atoms with E-state index in [0.29, 0.717) is 13.1 Å². The van der Waals surface area contributed by atoms with Crippen LogP contribution in [0.15, 0.2) is 33.4 Å². The van der Waals surface area contributed by atoms with Gasteiger partial charge in [0.15, 0.2) is 17.1 Å². The SMILES string of the molecule is O=C(Cc1nn2c(C(F)(F)F)cc(-c3ccco3)nc2c1Br)N1CCCCC1. The summed E-state index contributed by atoms with van der Waals surface area (Å²) >= 11 is 3.29. The summed E-state index contributed by atoms with van der Waals surface area (Å²) in [5, 5.41) is 4.05. The van der Waals surface area contributed by atoms with Gasteiger partial charge in [-0.1, -0.05) is 0 Å². The van der Waals surface area contributed by atoms with Crippen molar-refractivity contribution in [2.45, 2.75) is 31.9 Å². The molecule has 1 amide bonds. The van der Waals surface area contributed by atoms with E-state index in [2.05, 4.69) is 26.0 Å². The van der Waals surface area contributed by atoms with E-state index in [1.54, 1.807) is 11.0 Å². The lowest BCUT2D eigenvalue weighted by Gasteiger charge is -2.26. The molecule has 0 radical (unpaired) electrons. The Morgan fingerprint density at radius 1 is 1.25 bits per heavy atom. The Bertz CT molecular complexity index is 1010. The highest BCUT2D eigenvalue weighted by atomic mass is 79.9. The first-order chi connectivity index (χ1) is 13.3. The maximum absolute atomic E-state index is 13.6. The van der Waals surface area contributed by atoms with Crippen LogP contribution in [0.3, 0.4) is 0 Å². The van der Waals surface area contributed by atoms with Crippen LogP contribution in [-0.4, -0.2) is 38.5 Å². The number of hydrogen-bond donors (Lipinski definition) is 0. The van der Waals surface area contributed by atoms with E-state index in [1.807, 2.05) is 0 Å². The second-order valence-electron chi connectivity index (χ2n) is 6.62. The molecule has 148 valence electrons. The molecule has 0 bridgehead atoms. The number of carbonyl (C=O) groups is 1. The first-order valence-corrected chi connectivity index (χ1v) is 9.61. The number of carbonyl (C=O) groups excluding carboxylic acids is 1. The molecule has 28 heavy (non-hydrogen) atoms. The molecule has 4 heterocycles. The van der Waals surface area contributed by atoms with Gasteiger partial charge in [-0.25, -0.2) is 9.50 Å². The molecule has 1 aliphatic rings. The summed E-state index contributed by atoms with van der Waals surface area (Å²) in [6.07, 6.45) is -0.424. The van der Waals surface area contributed by atoms with Gasteiger partial charge >= 0.3 is 6.18 Å². The van der Waals surface area contributed by atoms with Crippen LogP contribution in [0.2, 0.25) is 0 Å². The molecular weight excluding hydrogens is 441 g/mol. The second kappa shape index (κ2) is 7.23. The third kappa shape index (κ3) is 3.52. The Kier molecular flexibility index (Phi) is 4.90. The third-order valence-electron chi connectivity index (χ3n) is 4.69. The van der Waals surface area contributed by atoms with Gasteiger partial charge in [0.05, 0.1) is 22.9 Å². The van der Waals surface area contributed by atoms with E-state index in [9.17, 15) is 18.0 Å². The van der Waals surface area contributed by atoms with Crippen molar-refractivity contribution in [2.75, 3.05) is 13.1 Å². The van der Waals surface area contributed by atoms with Gasteiger partial charge in [0.1, 0.15) is 5.69 Å². The van der Waals surface area contributed by atoms with Crippen molar-refractivity contribution in [3.63, 3.8) is 0 Å². The van der Waals surface area contributed by atoms with Crippen LogP contribution in [0, 0.1) is 0 Å². The maximum atomic E-state index is 13.6. The number of piperidine rings is 1. The van der Waals surface area contributed by atoms with E-state index >= 15 is 0 Å². The fraction of sp³-hybridized carbons (Fsp3) is 0.389. The van der Waals surface area contributed by atoms with Gasteiger partial charge in [-0.15, -0.1) is 0 Å². The van der Waals surface area contributed by atoms with Crippen LogP contribution < -0.4 is 0 Å². The Hall–Kier alpha value is -2.36. The largest absolute Gasteiger partial charge is 0.463 e. The molecule has 0 unspecified atom stereocenters. The summed E-state index contributed by atoms with van der Waals surface area (Å²) in [5.41, 5.74) is -0.728. The predicted octanol–water partition coefficient (Wildman–Crippen LogP) is 4.33. The molecule has 0 atom stereocenters. The quantitative estimate of drug-likeness (QED) is 0.588. The van der Waals surface area contributed by atoms with E-state index in [-0.39, 0.29) is 39.6 Å². The summed E-state index contributed by atoms with van der Waals surface area (Å²) in [5.74, 6) is 0.0654. The minimum absolute atomic E-state index is 0.0114. The number of rotatable bonds is 3. The molecule has 0 N–H and O–H groups in total. The second-order valence-corrected chi connectivity index (χ2v) is 7.41. The molecule has 3 aromatic heterocycles. The van der Waals surface area contributed by atoms with Crippen molar-refractivity contribution in [3.8, 4) is 11.5 Å². The fourth-order valence-corrected chi connectivity index (χ4v) is 3.78. The number of aromatic nitrogens is 3. The van der Waals surface area contributed by atoms with Gasteiger partial charge in [-0.05, 0) is 53.4 Å². The van der Waals surface area contributed by atoms with Gasteiger partial charge in [-0.2, -0.15) is 18.3 Å². The van der Waals surface area contributed by atoms with Crippen molar-refractivity contribution in [1.82, 2.24) is 19.5 Å². The van der Waals surface area contributed by atoms with Crippen molar-refractivity contribution >= 4 is 27.5 Å². The van der Waals surface area contributed by atoms with Crippen molar-refractivity contribution in [2.24, 2.45) is 0 Å². The number of alkyl halides is 3. The van der Waals surface area contributed by atoms with Crippen LogP contribution in [0.4, 0.5) is 13.2 Å². The molecule has 1 fully saturated rings. The normalized spacial score (nSPS) is 15.4. The van der Waals surface area contributed by atoms with Crippen LogP contribution in [-0.2, 0) is 17.4 Å². The average molecular weight is 457 g/mol. The van der Waals surface area contributed by atoms with Crippen LogP contribution in [0.25, 0.3) is 17.1 Å². The highest BCUT2D eigenvalue weighted by Crippen LogP contribution is 2.35. The van der Waals surface area contributed by atoms with Crippen LogP contribution in [0.5, 0.6) is 0 Å². The van der Waals surface area contributed by atoms with E-state index in [1.165, 1.54) is 12.3 Å². The van der Waals surface area contributed by atoms with E-state index in [4.69, 9.17) is 4.42 Å². The molecule has 0 aromatic carbocycles. The van der Waals surface area contributed by atoms with Gasteiger partial charge in [0, 0.05) is 13.1 Å². The zero-order valence-electron chi connectivity index (χ0n) is 14.7. The van der Waals surface area contributed by atoms with Crippen molar-refractivity contribution in [3.05, 3.63) is 40.3 Å². The number of nitrogens with zero attached hydrogens (tertiary/aromatic N) is 4. The number of furan rings is 1. The highest BCUT2D eigenvalue weighted by molar-refractivity contribution is 9.10. The Balaban J connectivity index is 1.77. The minimum Gasteiger partial charge on any atom is -0.463 e. The van der Waals surface area contributed by atoms with E-state index in [0.717, 1.165) is 29.8 Å². The number of hydrogen-bond acceptors (Lipinski definition) is 4. The summed E-state index contributed by atoms with van der Waals surface area (Å²) in [6, 6.07) is 3.99. The van der Waals surface area contributed by atoms with Crippen molar-refractivity contribution in [1.29, 1.82) is 0 Å². The zero-order chi connectivity index (χ0) is 19.9. The lowest BCUT2D eigenvalue weighted by Crippen LogP contribution is -2.36. The van der Waals surface area contributed by atoms with Crippen molar-refractivity contribution < 1.29 is 22.4 Å². The molecule has 3 aromatic rings. The minimum atomic E-state index is -4.65. The number of halogens is 4. The zero-order valence-corrected chi connectivity index (χ0v) is 16.3. The van der Waals surface area contributed by atoms with Gasteiger partial charge in [0.2, 0.25) is 5.91 Å². The highest BCUT2D eigenvalue weighted by Gasteiger charge is 2.36. The molecule has 0 aliphatic carbocycles. The van der Waals surface area contributed by atoms with Gasteiger partial charge < -0.3 is 9.32 Å². The van der Waals surface area contributed by atoms with Crippen LogP contribution >= 0.6 is 15.9 Å². The molecule has 6 nitrogen and oxygen atoms in total. The molecular formula is C18H16BrF3N4O2. The number of likely N-dealkylation sites (tertiary alicyclic amines) is 1. The van der Waals surface area contributed by atoms with Crippen LogP contribution in [0.1, 0.15) is 30.7 Å². The Morgan fingerprint density at radius 2 is 2.00 bits per heavy atom. The lowest BCUT2D eigenvalue weighted by atomic mass is 10.1. The molecule has 4 rings (SSSR count). The molecule has 1 saturated heterocycles. The smallest absolute Gasteiger partial charge is 0.433 e. The summed E-state index contributed by atoms with van der Waals surface area (Å²) < 4.78 is 47.1. The summed E-state index contributed by atoms with van der Waals surface area (Å²) in [7, 11) is 0. The topological polar surface area (TPSA) is 63.6 Å². The Morgan fingerprint density at radius 3 is 2.64 bits per heavy atom. The summed E-state index contributed by atoms with van der Waals surface area (Å²) in [6.45, 7) is 1.33. The first-order valence-electron chi connectivity index (χ1n) is 8.81. The fourth-order valence-electron chi connectivity index (χ4n) is 3.30. The summed E-state index contributed by atoms with van der Waals surface area (Å²) in [4.78, 5) is 18.5. The maximum Gasteiger partial charge on any atom is 0.433 e. The average Bonchev–Trinajstić information content (AvgIpc) is 3.30. The van der Waals surface area contributed by atoms with Gasteiger partial charge in [0.25, 0.3) is 0 Å². The number of amides is 1. The van der Waals surface area contributed by atoms with E-state index < -0.39 is 11.9 Å². The standard InChI is InChI=1S/C18H16BrF3N4O2/c19-16-12(10-15(27)25-6-2-1-3-7-25)24-26-14(18(20,21)22)9-11(23-17(16)26)13-5-4-8-28-13/h4-5,8-9H,1-3,6-7,10H2. The van der Waals surface area contributed by atoms with Gasteiger partial charge in [-0.3, -0.25) is 4.79 Å². The molecule has 1 aliphatic heterocycles. The molecule has 10 heteroatoms. The monoisotopic (exact) mass is 456 g/mol. The molecule has 0 spiro atoms. The first kappa shape index (κ1) is 19.0. The lowest BCUT2D eigenvalue weighted by molar-refractivity contribution is -0.142. The predicted molar refractivity (Wildman–Crippen MR) is 97.5 cm³/mol.